The van der Waals surface area contributed by atoms with E-state index in [1.165, 1.54) is 6.20 Å². The Labute approximate surface area is 135 Å². The van der Waals surface area contributed by atoms with Gasteiger partial charge in [-0.3, -0.25) is 14.9 Å². The zero-order valence-electron chi connectivity index (χ0n) is 11.7. The summed E-state index contributed by atoms with van der Waals surface area (Å²) >= 11 is 5.84. The summed E-state index contributed by atoms with van der Waals surface area (Å²) in [5.41, 5.74) is -0.710. The monoisotopic (exact) mass is 339 g/mol. The Morgan fingerprint density at radius 2 is 2.22 bits per heavy atom. The SMILES string of the molecule is O=C(NCCOc1ncccc1Cl)c1ccc([N+](=O)[O-])cc1F. The third-order valence-corrected chi connectivity index (χ3v) is 3.05. The molecule has 0 aliphatic heterocycles. The molecule has 7 nitrogen and oxygen atoms in total. The molecule has 0 saturated carbocycles. The molecule has 1 amide bonds. The van der Waals surface area contributed by atoms with E-state index in [0.717, 1.165) is 12.1 Å². The number of rotatable bonds is 6. The summed E-state index contributed by atoms with van der Waals surface area (Å²) in [4.78, 5) is 25.5. The van der Waals surface area contributed by atoms with Crippen molar-refractivity contribution in [1.29, 1.82) is 0 Å². The molecule has 0 bridgehead atoms. The highest BCUT2D eigenvalue weighted by Gasteiger charge is 2.15. The maximum Gasteiger partial charge on any atom is 0.272 e. The lowest BCUT2D eigenvalue weighted by atomic mass is 10.2. The zero-order valence-corrected chi connectivity index (χ0v) is 12.4. The van der Waals surface area contributed by atoms with Gasteiger partial charge in [0.05, 0.1) is 23.1 Å². The fourth-order valence-electron chi connectivity index (χ4n) is 1.69. The van der Waals surface area contributed by atoms with E-state index in [4.69, 9.17) is 16.3 Å². The molecule has 0 aliphatic carbocycles. The van der Waals surface area contributed by atoms with Crippen molar-refractivity contribution in [1.82, 2.24) is 10.3 Å². The van der Waals surface area contributed by atoms with Crippen molar-refractivity contribution in [3.63, 3.8) is 0 Å². The number of non-ortho nitro benzene ring substituents is 1. The standard InChI is InChI=1S/C14H11ClFN3O4/c15-11-2-1-5-18-14(11)23-7-6-17-13(20)10-4-3-9(19(21)22)8-12(10)16/h1-5,8H,6-7H2,(H,17,20). The maximum absolute atomic E-state index is 13.7. The molecule has 1 aromatic heterocycles. The minimum Gasteiger partial charge on any atom is -0.475 e. The van der Waals surface area contributed by atoms with Crippen molar-refractivity contribution >= 4 is 23.2 Å². The minimum absolute atomic E-state index is 0.0804. The summed E-state index contributed by atoms with van der Waals surface area (Å²) in [5, 5.41) is 13.3. The number of nitro benzene ring substituents is 1. The first kappa shape index (κ1) is 16.6. The molecule has 0 radical (unpaired) electrons. The number of hydrogen-bond acceptors (Lipinski definition) is 5. The van der Waals surface area contributed by atoms with Crippen molar-refractivity contribution in [3.05, 3.63) is 63.0 Å². The quantitative estimate of drug-likeness (QED) is 0.496. The van der Waals surface area contributed by atoms with Gasteiger partial charge in [-0.15, -0.1) is 0 Å². The van der Waals surface area contributed by atoms with Crippen LogP contribution in [0.25, 0.3) is 0 Å². The molecule has 1 N–H and O–H groups in total. The number of carbonyl (C=O) groups is 1. The van der Waals surface area contributed by atoms with Crippen molar-refractivity contribution in [2.75, 3.05) is 13.2 Å². The van der Waals surface area contributed by atoms with Crippen LogP contribution in [-0.2, 0) is 0 Å². The van der Waals surface area contributed by atoms with Crippen LogP contribution in [0.15, 0.2) is 36.5 Å². The van der Waals surface area contributed by atoms with Gasteiger partial charge >= 0.3 is 0 Å². The van der Waals surface area contributed by atoms with E-state index in [1.807, 2.05) is 0 Å². The molecule has 23 heavy (non-hydrogen) atoms. The molecule has 0 unspecified atom stereocenters. The zero-order chi connectivity index (χ0) is 16.8. The normalized spacial score (nSPS) is 10.2. The van der Waals surface area contributed by atoms with Gasteiger partial charge < -0.3 is 10.1 Å². The number of nitro groups is 1. The molecule has 0 aliphatic rings. The summed E-state index contributed by atoms with van der Waals surface area (Å²) in [5.74, 6) is -1.44. The Hall–Kier alpha value is -2.74. The lowest BCUT2D eigenvalue weighted by Crippen LogP contribution is -2.29. The highest BCUT2D eigenvalue weighted by atomic mass is 35.5. The van der Waals surface area contributed by atoms with Crippen LogP contribution in [0.1, 0.15) is 10.4 Å². The number of pyridine rings is 1. The van der Waals surface area contributed by atoms with E-state index in [1.54, 1.807) is 12.1 Å². The Balaban J connectivity index is 1.88. The van der Waals surface area contributed by atoms with Gasteiger partial charge in [-0.1, -0.05) is 11.6 Å². The Bertz CT molecular complexity index is 742. The highest BCUT2D eigenvalue weighted by Crippen LogP contribution is 2.19. The Morgan fingerprint density at radius 1 is 1.43 bits per heavy atom. The third-order valence-electron chi connectivity index (χ3n) is 2.76. The van der Waals surface area contributed by atoms with Crippen molar-refractivity contribution in [3.8, 4) is 5.88 Å². The molecular weight excluding hydrogens is 329 g/mol. The fourth-order valence-corrected chi connectivity index (χ4v) is 1.86. The molecule has 2 aromatic rings. The van der Waals surface area contributed by atoms with Gasteiger partial charge in [0.15, 0.2) is 0 Å². The van der Waals surface area contributed by atoms with Crippen LogP contribution in [0.4, 0.5) is 10.1 Å². The van der Waals surface area contributed by atoms with Crippen LogP contribution in [0.3, 0.4) is 0 Å². The van der Waals surface area contributed by atoms with Crippen molar-refractivity contribution in [2.24, 2.45) is 0 Å². The predicted octanol–water partition coefficient (Wildman–Crippen LogP) is 2.59. The first-order valence-corrected chi connectivity index (χ1v) is 6.82. The average molecular weight is 340 g/mol. The Morgan fingerprint density at radius 3 is 2.87 bits per heavy atom. The number of hydrogen-bond donors (Lipinski definition) is 1. The second-order valence-electron chi connectivity index (χ2n) is 4.32. The molecule has 2 rings (SSSR count). The number of halogens is 2. The molecule has 1 heterocycles. The number of ether oxygens (including phenoxy) is 1. The van der Waals surface area contributed by atoms with Crippen LogP contribution >= 0.6 is 11.6 Å². The van der Waals surface area contributed by atoms with E-state index in [9.17, 15) is 19.3 Å². The first-order chi connectivity index (χ1) is 11.0. The lowest BCUT2D eigenvalue weighted by Gasteiger charge is -2.08. The number of benzene rings is 1. The van der Waals surface area contributed by atoms with Gasteiger partial charge in [0.2, 0.25) is 5.88 Å². The second-order valence-corrected chi connectivity index (χ2v) is 4.72. The van der Waals surface area contributed by atoms with E-state index in [2.05, 4.69) is 10.3 Å². The molecule has 0 saturated heterocycles. The van der Waals surface area contributed by atoms with Gasteiger partial charge in [0.1, 0.15) is 17.4 Å². The molecule has 0 atom stereocenters. The predicted molar refractivity (Wildman–Crippen MR) is 80.1 cm³/mol. The van der Waals surface area contributed by atoms with Crippen molar-refractivity contribution in [2.45, 2.75) is 0 Å². The van der Waals surface area contributed by atoms with Crippen LogP contribution < -0.4 is 10.1 Å². The van der Waals surface area contributed by atoms with Crippen LogP contribution in [0.2, 0.25) is 5.02 Å². The van der Waals surface area contributed by atoms with Gasteiger partial charge in [-0.25, -0.2) is 9.37 Å². The number of nitrogens with one attached hydrogen (secondary N) is 1. The molecule has 9 heteroatoms. The van der Waals surface area contributed by atoms with Crippen LogP contribution in [0.5, 0.6) is 5.88 Å². The van der Waals surface area contributed by atoms with Gasteiger partial charge in [0.25, 0.3) is 11.6 Å². The van der Waals surface area contributed by atoms with Gasteiger partial charge in [-0.2, -0.15) is 0 Å². The van der Waals surface area contributed by atoms with Crippen LogP contribution in [0, 0.1) is 15.9 Å². The minimum atomic E-state index is -0.967. The van der Waals surface area contributed by atoms with E-state index in [0.29, 0.717) is 11.1 Å². The molecule has 120 valence electrons. The lowest BCUT2D eigenvalue weighted by molar-refractivity contribution is -0.385. The summed E-state index contributed by atoms with van der Waals surface area (Å²) in [6.45, 7) is 0.166. The second kappa shape index (κ2) is 7.50. The topological polar surface area (TPSA) is 94.4 Å². The van der Waals surface area contributed by atoms with Crippen LogP contribution in [-0.4, -0.2) is 29.0 Å². The number of aromatic nitrogens is 1. The summed E-state index contributed by atoms with van der Waals surface area (Å²) in [7, 11) is 0. The summed E-state index contributed by atoms with van der Waals surface area (Å²) < 4.78 is 18.9. The Kier molecular flexibility index (Phi) is 5.42. The number of carbonyl (C=O) groups excluding carboxylic acids is 1. The molecular formula is C14H11ClFN3O4. The summed E-state index contributed by atoms with van der Waals surface area (Å²) in [6, 6.07) is 6.06. The van der Waals surface area contributed by atoms with Crippen molar-refractivity contribution < 1.29 is 18.8 Å². The number of amides is 1. The molecule has 1 aromatic carbocycles. The highest BCUT2D eigenvalue weighted by molar-refractivity contribution is 6.31. The third kappa shape index (κ3) is 4.36. The smallest absolute Gasteiger partial charge is 0.272 e. The van der Waals surface area contributed by atoms with E-state index < -0.39 is 22.3 Å². The van der Waals surface area contributed by atoms with E-state index >= 15 is 0 Å². The molecule has 0 fully saturated rings. The molecule has 0 spiro atoms. The van der Waals surface area contributed by atoms with Gasteiger partial charge in [0, 0.05) is 12.3 Å². The largest absolute Gasteiger partial charge is 0.475 e. The fraction of sp³-hybridized carbons (Fsp3) is 0.143. The van der Waals surface area contributed by atoms with E-state index in [-0.39, 0.29) is 24.6 Å². The average Bonchev–Trinajstić information content (AvgIpc) is 2.52. The first-order valence-electron chi connectivity index (χ1n) is 6.44. The van der Waals surface area contributed by atoms with Gasteiger partial charge in [-0.05, 0) is 18.2 Å². The number of nitrogens with zero attached hydrogens (tertiary/aromatic N) is 2. The summed E-state index contributed by atoms with van der Waals surface area (Å²) in [6.07, 6.45) is 1.51. The maximum atomic E-state index is 13.7.